The Bertz CT molecular complexity index is 476. The first kappa shape index (κ1) is 13.5. The van der Waals surface area contributed by atoms with E-state index in [1.54, 1.807) is 18.3 Å². The molecule has 0 spiro atoms. The second-order valence-corrected chi connectivity index (χ2v) is 4.41. The maximum atomic E-state index is 12.2. The van der Waals surface area contributed by atoms with E-state index in [2.05, 4.69) is 41.6 Å². The first-order valence-corrected chi connectivity index (χ1v) is 6.62. The normalized spacial score (nSPS) is 18.6. The molecule has 1 atom stereocenters. The van der Waals surface area contributed by atoms with Gasteiger partial charge in [0, 0.05) is 0 Å². The highest BCUT2D eigenvalue weighted by atomic mass is 16.2. The van der Waals surface area contributed by atoms with E-state index >= 15 is 0 Å². The van der Waals surface area contributed by atoms with E-state index in [0.29, 0.717) is 0 Å². The summed E-state index contributed by atoms with van der Waals surface area (Å²) in [5.41, 5.74) is 3.27. The Morgan fingerprint density at radius 1 is 1.32 bits per heavy atom. The Balaban J connectivity index is 2.44. The van der Waals surface area contributed by atoms with Gasteiger partial charge in [-0.05, 0) is 31.0 Å². The molecule has 0 radical (unpaired) electrons. The van der Waals surface area contributed by atoms with Crippen LogP contribution >= 0.6 is 0 Å². The molecule has 0 fully saturated rings. The summed E-state index contributed by atoms with van der Waals surface area (Å²) in [6, 6.07) is 6.00. The van der Waals surface area contributed by atoms with Crippen LogP contribution in [0.2, 0.25) is 0 Å². The predicted octanol–water partition coefficient (Wildman–Crippen LogP) is 1.87. The van der Waals surface area contributed by atoms with Gasteiger partial charge >= 0.3 is 6.03 Å². The smallest absolute Gasteiger partial charge is 0.303 e. The largest absolute Gasteiger partial charge is 0.329 e. The molecule has 0 saturated carbocycles. The summed E-state index contributed by atoms with van der Waals surface area (Å²) in [6.07, 6.45) is 3.03. The van der Waals surface area contributed by atoms with Gasteiger partial charge in [-0.2, -0.15) is 0 Å². The van der Waals surface area contributed by atoms with E-state index in [4.69, 9.17) is 0 Å². The number of amides is 2. The lowest BCUT2D eigenvalue weighted by Crippen LogP contribution is -2.53. The van der Waals surface area contributed by atoms with Crippen LogP contribution in [0, 0.1) is 0 Å². The van der Waals surface area contributed by atoms with E-state index in [1.807, 2.05) is 6.07 Å². The fourth-order valence-electron chi connectivity index (χ4n) is 2.24. The zero-order valence-electron chi connectivity index (χ0n) is 11.6. The molecule has 102 valence electrons. The third kappa shape index (κ3) is 2.61. The summed E-state index contributed by atoms with van der Waals surface area (Å²) < 4.78 is 0. The molecule has 1 aromatic rings. The molecule has 1 aliphatic rings. The molecule has 2 amide bonds. The van der Waals surface area contributed by atoms with Gasteiger partial charge in [-0.25, -0.2) is 9.79 Å². The third-order valence-corrected chi connectivity index (χ3v) is 3.29. The number of rotatable bonds is 4. The van der Waals surface area contributed by atoms with Crippen molar-refractivity contribution >= 4 is 18.1 Å². The lowest BCUT2D eigenvalue weighted by atomic mass is 10.0. The van der Waals surface area contributed by atoms with Crippen molar-refractivity contribution in [3.05, 3.63) is 29.3 Å². The van der Waals surface area contributed by atoms with Crippen LogP contribution in [-0.4, -0.2) is 25.7 Å². The average Bonchev–Trinajstić information content (AvgIpc) is 2.46. The Labute approximate surface area is 113 Å². The molecule has 5 heteroatoms. The van der Waals surface area contributed by atoms with Gasteiger partial charge in [0.2, 0.25) is 0 Å². The van der Waals surface area contributed by atoms with Crippen molar-refractivity contribution in [3.8, 4) is 0 Å². The molecule has 0 aromatic heterocycles. The number of hydrogen-bond donors (Lipinski definition) is 2. The number of carbonyl (C=O) groups excluding carboxylic acids is 1. The van der Waals surface area contributed by atoms with Crippen molar-refractivity contribution in [2.45, 2.75) is 33.0 Å². The highest BCUT2D eigenvalue weighted by Crippen LogP contribution is 2.27. The number of nitrogens with one attached hydrogen (secondary N) is 2. The fraction of sp³-hybridized carbons (Fsp3) is 0.429. The molecule has 1 heterocycles. The maximum Gasteiger partial charge on any atom is 0.329 e. The predicted molar refractivity (Wildman–Crippen MR) is 77.5 cm³/mol. The van der Waals surface area contributed by atoms with Crippen molar-refractivity contribution in [2.75, 3.05) is 11.9 Å². The minimum atomic E-state index is -0.345. The van der Waals surface area contributed by atoms with Gasteiger partial charge in [0.1, 0.15) is 6.34 Å². The van der Waals surface area contributed by atoms with E-state index in [-0.39, 0.29) is 12.3 Å². The third-order valence-electron chi connectivity index (χ3n) is 3.29. The molecular formula is C14H20N4O. The van der Waals surface area contributed by atoms with Crippen LogP contribution in [0.15, 0.2) is 23.2 Å². The van der Waals surface area contributed by atoms with E-state index in [1.165, 1.54) is 0 Å². The minimum absolute atomic E-state index is 0.148. The first-order valence-electron chi connectivity index (χ1n) is 6.62. The van der Waals surface area contributed by atoms with Gasteiger partial charge in [-0.15, -0.1) is 0 Å². The van der Waals surface area contributed by atoms with Crippen molar-refractivity contribution in [1.82, 2.24) is 10.6 Å². The standard InChI is InChI=1S/C14H20N4O/c1-4-10-7-6-8-11(5-2)12(10)18-9-16-13(15-3)17-14(18)19/h6-9,13,15H,4-5H2,1-3H3,(H,17,19). The quantitative estimate of drug-likeness (QED) is 0.868. The van der Waals surface area contributed by atoms with Gasteiger partial charge in [0.05, 0.1) is 5.69 Å². The number of aryl methyl sites for hydroxylation is 2. The van der Waals surface area contributed by atoms with Crippen LogP contribution in [0.25, 0.3) is 0 Å². The molecule has 2 rings (SSSR count). The summed E-state index contributed by atoms with van der Waals surface area (Å²) in [5.74, 6) is 0. The lowest BCUT2D eigenvalue weighted by molar-refractivity contribution is 0.242. The number of anilines is 1. The SMILES string of the molecule is CCc1cccc(CC)c1N1C=NC(NC)NC1=O. The summed E-state index contributed by atoms with van der Waals surface area (Å²) in [6.45, 7) is 4.18. The molecule has 0 saturated heterocycles. The van der Waals surface area contributed by atoms with Crippen LogP contribution < -0.4 is 15.5 Å². The Morgan fingerprint density at radius 2 is 1.95 bits per heavy atom. The van der Waals surface area contributed by atoms with Crippen molar-refractivity contribution < 1.29 is 4.79 Å². The summed E-state index contributed by atoms with van der Waals surface area (Å²) in [7, 11) is 1.76. The number of urea groups is 1. The lowest BCUT2D eigenvalue weighted by Gasteiger charge is -2.29. The summed E-state index contributed by atoms with van der Waals surface area (Å²) in [4.78, 5) is 18.1. The van der Waals surface area contributed by atoms with Crippen LogP contribution in [0.5, 0.6) is 0 Å². The molecule has 1 aliphatic heterocycles. The molecule has 1 unspecified atom stereocenters. The zero-order valence-corrected chi connectivity index (χ0v) is 11.6. The average molecular weight is 260 g/mol. The maximum absolute atomic E-state index is 12.2. The van der Waals surface area contributed by atoms with Crippen LogP contribution in [0.3, 0.4) is 0 Å². The van der Waals surface area contributed by atoms with E-state index < -0.39 is 0 Å². The molecule has 1 aromatic carbocycles. The van der Waals surface area contributed by atoms with Crippen LogP contribution in [0.4, 0.5) is 10.5 Å². The van der Waals surface area contributed by atoms with Crippen LogP contribution in [0.1, 0.15) is 25.0 Å². The Hall–Kier alpha value is -1.88. The highest BCUT2D eigenvalue weighted by Gasteiger charge is 2.24. The fourth-order valence-corrected chi connectivity index (χ4v) is 2.24. The number of carbonyl (C=O) groups is 1. The van der Waals surface area contributed by atoms with Crippen LogP contribution in [-0.2, 0) is 12.8 Å². The molecule has 0 bridgehead atoms. The van der Waals surface area contributed by atoms with E-state index in [9.17, 15) is 4.79 Å². The molecule has 19 heavy (non-hydrogen) atoms. The van der Waals surface area contributed by atoms with Crippen molar-refractivity contribution in [2.24, 2.45) is 4.99 Å². The van der Waals surface area contributed by atoms with E-state index in [0.717, 1.165) is 29.7 Å². The molecule has 5 nitrogen and oxygen atoms in total. The molecule has 2 N–H and O–H groups in total. The highest BCUT2D eigenvalue weighted by molar-refractivity contribution is 6.10. The Kier molecular flexibility index (Phi) is 4.16. The van der Waals surface area contributed by atoms with Gasteiger partial charge in [-0.1, -0.05) is 32.0 Å². The second-order valence-electron chi connectivity index (χ2n) is 4.41. The molecule has 0 aliphatic carbocycles. The Morgan fingerprint density at radius 3 is 2.42 bits per heavy atom. The minimum Gasteiger partial charge on any atom is -0.303 e. The first-order chi connectivity index (χ1) is 9.21. The molecular weight excluding hydrogens is 240 g/mol. The number of nitrogens with zero attached hydrogens (tertiary/aromatic N) is 2. The number of aliphatic imine (C=N–C) groups is 1. The monoisotopic (exact) mass is 260 g/mol. The summed E-state index contributed by atoms with van der Waals surface area (Å²) >= 11 is 0. The van der Waals surface area contributed by atoms with Crippen molar-refractivity contribution in [1.29, 1.82) is 0 Å². The van der Waals surface area contributed by atoms with Gasteiger partial charge < -0.3 is 5.32 Å². The number of para-hydroxylation sites is 1. The van der Waals surface area contributed by atoms with Gasteiger partial charge in [0.15, 0.2) is 6.29 Å². The number of hydrogen-bond acceptors (Lipinski definition) is 3. The van der Waals surface area contributed by atoms with Gasteiger partial charge in [0.25, 0.3) is 0 Å². The van der Waals surface area contributed by atoms with Crippen molar-refractivity contribution in [3.63, 3.8) is 0 Å². The number of benzene rings is 1. The summed E-state index contributed by atoms with van der Waals surface area (Å²) in [5, 5.41) is 5.70. The zero-order chi connectivity index (χ0) is 13.8. The topological polar surface area (TPSA) is 56.7 Å². The van der Waals surface area contributed by atoms with Gasteiger partial charge in [-0.3, -0.25) is 10.2 Å². The second kappa shape index (κ2) is 5.84.